The molecule has 1 saturated carbocycles. The summed E-state index contributed by atoms with van der Waals surface area (Å²) in [5.41, 5.74) is 0.867. The van der Waals surface area contributed by atoms with Crippen LogP contribution in [0.1, 0.15) is 60.9 Å². The van der Waals surface area contributed by atoms with Gasteiger partial charge in [-0.2, -0.15) is 17.7 Å². The van der Waals surface area contributed by atoms with E-state index in [1.54, 1.807) is 18.2 Å². The van der Waals surface area contributed by atoms with E-state index < -0.39 is 22.3 Å². The van der Waals surface area contributed by atoms with Crippen LogP contribution in [0.15, 0.2) is 42.2 Å². The summed E-state index contributed by atoms with van der Waals surface area (Å²) in [6, 6.07) is 4.50. The number of urea groups is 1. The van der Waals surface area contributed by atoms with Gasteiger partial charge in [-0.1, -0.05) is 38.3 Å². The highest BCUT2D eigenvalue weighted by Gasteiger charge is 2.43. The lowest BCUT2D eigenvalue weighted by Gasteiger charge is -2.31. The monoisotopic (exact) mass is 451 g/mol. The Balaban J connectivity index is 1.97. The molecule has 8 heteroatoms. The number of carbonyl (C=O) groups excluding carboxylic acids is 2. The number of nitrogens with zero attached hydrogens (tertiary/aromatic N) is 1. The molecule has 2 aliphatic rings. The molecule has 3 rings (SSSR count). The molecule has 174 valence electrons. The number of quaternary nitrogens is 1. The van der Waals surface area contributed by atoms with Gasteiger partial charge in [0.2, 0.25) is 0 Å². The normalized spacial score (nSPS) is 25.5. The van der Waals surface area contributed by atoms with Crippen molar-refractivity contribution in [2.45, 2.75) is 51.1 Å². The second kappa shape index (κ2) is 9.58. The third-order valence-corrected chi connectivity index (χ3v) is 6.43. The largest absolute Gasteiger partial charge is 0.430 e. The maximum absolute atomic E-state index is 13.1. The summed E-state index contributed by atoms with van der Waals surface area (Å²) in [5, 5.41) is 2.81. The molecule has 0 aromatic heterocycles. The maximum Gasteiger partial charge on any atom is 0.430 e. The second-order valence-electron chi connectivity index (χ2n) is 8.74. The highest BCUT2D eigenvalue weighted by atomic mass is 19.4. The first-order valence-electron chi connectivity index (χ1n) is 10.9. The van der Waals surface area contributed by atoms with Gasteiger partial charge in [0.15, 0.2) is 5.78 Å². The number of allylic oxidation sites excluding steroid dienone is 2. The first kappa shape index (κ1) is 24.2. The summed E-state index contributed by atoms with van der Waals surface area (Å²) in [5.74, 6) is 0.436. The molecule has 1 aromatic carbocycles. The quantitative estimate of drug-likeness (QED) is 0.417. The fourth-order valence-corrected chi connectivity index (χ4v) is 4.63. The predicted molar refractivity (Wildman–Crippen MR) is 116 cm³/mol. The van der Waals surface area contributed by atoms with Crippen LogP contribution in [-0.2, 0) is 4.74 Å². The lowest BCUT2D eigenvalue weighted by Crippen LogP contribution is -2.42. The van der Waals surface area contributed by atoms with Gasteiger partial charge in [-0.3, -0.25) is 10.1 Å². The molecule has 32 heavy (non-hydrogen) atoms. The zero-order chi connectivity index (χ0) is 23.5. The van der Waals surface area contributed by atoms with Crippen molar-refractivity contribution in [1.82, 2.24) is 0 Å². The van der Waals surface area contributed by atoms with Crippen molar-refractivity contribution in [2.24, 2.45) is 5.92 Å². The Labute approximate surface area is 186 Å². The van der Waals surface area contributed by atoms with Gasteiger partial charge in [0, 0.05) is 18.7 Å². The van der Waals surface area contributed by atoms with E-state index in [1.165, 1.54) is 20.4 Å². The Bertz CT molecular complexity index is 939. The van der Waals surface area contributed by atoms with Gasteiger partial charge in [0.1, 0.15) is 24.6 Å². The minimum atomic E-state index is -4.53. The summed E-state index contributed by atoms with van der Waals surface area (Å²) in [7, 11) is 2.84. The Morgan fingerprint density at radius 1 is 1.25 bits per heavy atom. The number of methoxy groups -OCH3 is 1. The van der Waals surface area contributed by atoms with E-state index in [4.69, 9.17) is 4.74 Å². The summed E-state index contributed by atoms with van der Waals surface area (Å²) < 4.78 is 43.6. The fraction of sp³-hybridized carbons (Fsp3) is 0.500. The molecule has 1 N–H and O–H groups in total. The number of anilines is 1. The summed E-state index contributed by atoms with van der Waals surface area (Å²) >= 11 is 0. The Morgan fingerprint density at radius 3 is 2.62 bits per heavy atom. The molecule has 1 aliphatic heterocycles. The van der Waals surface area contributed by atoms with Crippen molar-refractivity contribution in [3.8, 4) is 0 Å². The van der Waals surface area contributed by atoms with Gasteiger partial charge in [-0.25, -0.2) is 4.79 Å². The maximum atomic E-state index is 13.1. The second-order valence-corrected chi connectivity index (χ2v) is 8.74. The number of benzene rings is 1. The average molecular weight is 452 g/mol. The average Bonchev–Trinajstić information content (AvgIpc) is 3.18. The Morgan fingerprint density at radius 2 is 2.00 bits per heavy atom. The molecule has 1 fully saturated rings. The molecule has 0 spiro atoms. The molecule has 3 unspecified atom stereocenters. The predicted octanol–water partition coefficient (Wildman–Crippen LogP) is 6.15. The van der Waals surface area contributed by atoms with Crippen molar-refractivity contribution in [3.05, 3.63) is 53.4 Å². The van der Waals surface area contributed by atoms with Gasteiger partial charge in [-0.05, 0) is 36.3 Å². The first-order chi connectivity index (χ1) is 15.1. The van der Waals surface area contributed by atoms with Crippen molar-refractivity contribution >= 4 is 17.5 Å². The number of rotatable bonds is 6. The van der Waals surface area contributed by atoms with E-state index >= 15 is 0 Å². The molecule has 1 aliphatic carbocycles. The van der Waals surface area contributed by atoms with E-state index in [1.807, 2.05) is 0 Å². The summed E-state index contributed by atoms with van der Waals surface area (Å²) in [6.07, 6.45) is 3.45. The molecule has 0 bridgehead atoms. The molecular weight excluding hydrogens is 421 g/mol. The van der Waals surface area contributed by atoms with Gasteiger partial charge in [0.05, 0.1) is 12.7 Å². The van der Waals surface area contributed by atoms with Crippen molar-refractivity contribution in [3.63, 3.8) is 0 Å². The van der Waals surface area contributed by atoms with Crippen LogP contribution in [0.25, 0.3) is 0 Å². The third kappa shape index (κ3) is 5.13. The van der Waals surface area contributed by atoms with E-state index in [9.17, 15) is 22.8 Å². The molecule has 0 saturated heterocycles. The van der Waals surface area contributed by atoms with Crippen LogP contribution in [0.4, 0.5) is 23.7 Å². The number of halogens is 3. The molecule has 0 radical (unpaired) electrons. The zero-order valence-corrected chi connectivity index (χ0v) is 18.7. The smallest absolute Gasteiger partial charge is 0.377 e. The Hall–Kier alpha value is -2.45. The number of hydrogen-bond donors (Lipinski definition) is 1. The molecule has 2 amide bonds. The van der Waals surface area contributed by atoms with Crippen LogP contribution in [0.2, 0.25) is 0 Å². The number of alkyl halides is 3. The van der Waals surface area contributed by atoms with Crippen LogP contribution in [-0.4, -0.2) is 43.2 Å². The van der Waals surface area contributed by atoms with Crippen molar-refractivity contribution < 1.29 is 32.0 Å². The van der Waals surface area contributed by atoms with Gasteiger partial charge in [0.25, 0.3) is 0 Å². The van der Waals surface area contributed by atoms with Crippen molar-refractivity contribution in [2.75, 3.05) is 26.1 Å². The van der Waals surface area contributed by atoms with Crippen LogP contribution < -0.4 is 5.32 Å². The van der Waals surface area contributed by atoms with E-state index in [0.29, 0.717) is 17.2 Å². The first-order valence-corrected chi connectivity index (χ1v) is 10.9. The Kier molecular flexibility index (Phi) is 7.25. The number of ether oxygens (including phenoxy) is 1. The number of carbonyl (C=O) groups is 2. The van der Waals surface area contributed by atoms with E-state index in [0.717, 1.165) is 49.9 Å². The minimum Gasteiger partial charge on any atom is -0.377 e. The minimum absolute atomic E-state index is 0.0808. The topological polar surface area (TPSA) is 55.4 Å². The van der Waals surface area contributed by atoms with Crippen LogP contribution in [0.3, 0.4) is 0 Å². The van der Waals surface area contributed by atoms with Crippen LogP contribution in [0, 0.1) is 5.92 Å². The number of nitrogens with one attached hydrogen (secondary N) is 1. The van der Waals surface area contributed by atoms with Gasteiger partial charge in [-0.15, -0.1) is 0 Å². The number of Topliss-reactive ketones (excluding diaryl/α,β-unsaturated/α-hetero) is 1. The molecule has 1 aromatic rings. The lowest BCUT2D eigenvalue weighted by molar-refractivity contribution is -0.713. The van der Waals surface area contributed by atoms with Gasteiger partial charge >= 0.3 is 12.2 Å². The highest BCUT2D eigenvalue weighted by Crippen LogP contribution is 2.42. The lowest BCUT2D eigenvalue weighted by atomic mass is 9.75. The molecule has 5 nitrogen and oxygen atoms in total. The molecule has 1 heterocycles. The van der Waals surface area contributed by atoms with Crippen LogP contribution >= 0.6 is 0 Å². The zero-order valence-electron chi connectivity index (χ0n) is 18.7. The van der Waals surface area contributed by atoms with Gasteiger partial charge < -0.3 is 4.74 Å². The third-order valence-electron chi connectivity index (χ3n) is 6.43. The highest BCUT2D eigenvalue weighted by molar-refractivity contribution is 6.01. The van der Waals surface area contributed by atoms with Crippen LogP contribution in [0.5, 0.6) is 0 Å². The van der Waals surface area contributed by atoms with E-state index in [2.05, 4.69) is 12.2 Å². The fourth-order valence-electron chi connectivity index (χ4n) is 4.63. The van der Waals surface area contributed by atoms with Crippen molar-refractivity contribution in [1.29, 1.82) is 0 Å². The molecule has 3 atom stereocenters. The number of ketones is 1. The molecular formula is C24H30F3N2O3+. The SMILES string of the molecule is CCC1CCCC(c2c(NC(=O)[N+]3(C)C=CC(C(F)(F)F)=C3)cccc2C(=O)COC)C1. The standard InChI is InChI=1S/C24H29F3N2O3/c1-4-16-7-5-8-17(13-16)22-19(21(30)15-32-3)9-6-10-20(22)28-23(31)29(2)12-11-18(14-29)24(25,26)27/h6,9-12,14,16-17H,4-5,7-8,13,15H2,1-3H3/p+1. The number of amides is 2. The van der Waals surface area contributed by atoms with E-state index in [-0.39, 0.29) is 18.3 Å². The summed E-state index contributed by atoms with van der Waals surface area (Å²) in [4.78, 5) is 25.8. The summed E-state index contributed by atoms with van der Waals surface area (Å²) in [6.45, 7) is 2.07. The number of hydrogen-bond acceptors (Lipinski definition) is 3.